The van der Waals surface area contributed by atoms with Crippen LogP contribution in [0.2, 0.25) is 0 Å². The van der Waals surface area contributed by atoms with Crippen LogP contribution in [0.25, 0.3) is 0 Å². The van der Waals surface area contributed by atoms with Gasteiger partial charge in [-0.3, -0.25) is 4.79 Å². The quantitative estimate of drug-likeness (QED) is 0.623. The van der Waals surface area contributed by atoms with E-state index in [1.54, 1.807) is 24.3 Å². The smallest absolute Gasteiger partial charge is 0.255 e. The van der Waals surface area contributed by atoms with E-state index in [2.05, 4.69) is 27.9 Å². The van der Waals surface area contributed by atoms with Crippen LogP contribution in [0.3, 0.4) is 0 Å². The van der Waals surface area contributed by atoms with Gasteiger partial charge in [-0.1, -0.05) is 0 Å². The number of benzene rings is 2. The Balaban J connectivity index is 2.24. The fourth-order valence-electron chi connectivity index (χ4n) is 1.41. The minimum absolute atomic E-state index is 0.296. The van der Waals surface area contributed by atoms with Crippen LogP contribution < -0.4 is 5.32 Å². The summed E-state index contributed by atoms with van der Waals surface area (Å²) < 4.78 is 40.0. The Kier molecular flexibility index (Phi) is 4.08. The Morgan fingerprint density at radius 2 is 1.53 bits per heavy atom. The molecule has 1 N–H and O–H groups in total. The van der Waals surface area contributed by atoms with E-state index >= 15 is 0 Å². The molecule has 0 aromatic heterocycles. The zero-order valence-electron chi connectivity index (χ0n) is 9.38. The Morgan fingerprint density at radius 1 is 0.947 bits per heavy atom. The predicted octanol–water partition coefficient (Wildman–Crippen LogP) is 3.96. The van der Waals surface area contributed by atoms with Crippen LogP contribution in [0.4, 0.5) is 18.9 Å². The number of carbonyl (C=O) groups is 1. The molecule has 2 nitrogen and oxygen atoms in total. The van der Waals surface area contributed by atoms with Crippen LogP contribution in [-0.4, -0.2) is 5.91 Å². The minimum Gasteiger partial charge on any atom is -0.319 e. The molecule has 0 aliphatic rings. The lowest BCUT2D eigenvalue weighted by Crippen LogP contribution is -2.13. The third-order valence-corrected chi connectivity index (χ3v) is 3.08. The molecule has 0 saturated heterocycles. The third kappa shape index (κ3) is 3.25. The lowest BCUT2D eigenvalue weighted by Gasteiger charge is -2.07. The largest absolute Gasteiger partial charge is 0.319 e. The van der Waals surface area contributed by atoms with Crippen molar-refractivity contribution in [3.05, 3.63) is 63.0 Å². The van der Waals surface area contributed by atoms with E-state index in [4.69, 9.17) is 0 Å². The van der Waals surface area contributed by atoms with E-state index in [9.17, 15) is 18.0 Å². The van der Waals surface area contributed by atoms with Crippen molar-refractivity contribution in [3.63, 3.8) is 0 Å². The molecule has 2 rings (SSSR count). The monoisotopic (exact) mass is 377 g/mol. The highest BCUT2D eigenvalue weighted by molar-refractivity contribution is 14.1. The second-order valence-electron chi connectivity index (χ2n) is 3.71. The first-order valence-corrected chi connectivity index (χ1v) is 6.26. The highest BCUT2D eigenvalue weighted by atomic mass is 127. The first kappa shape index (κ1) is 13.9. The lowest BCUT2D eigenvalue weighted by molar-refractivity contribution is 0.102. The van der Waals surface area contributed by atoms with Gasteiger partial charge in [0.05, 0.1) is 5.69 Å². The first-order chi connectivity index (χ1) is 8.97. The summed E-state index contributed by atoms with van der Waals surface area (Å²) in [6.45, 7) is 0. The second kappa shape index (κ2) is 5.60. The number of rotatable bonds is 2. The third-order valence-electron chi connectivity index (χ3n) is 2.36. The molecule has 0 unspecified atom stereocenters. The summed E-state index contributed by atoms with van der Waals surface area (Å²) >= 11 is 2.07. The van der Waals surface area contributed by atoms with Crippen molar-refractivity contribution in [2.45, 2.75) is 0 Å². The van der Waals surface area contributed by atoms with E-state index in [0.29, 0.717) is 17.7 Å². The van der Waals surface area contributed by atoms with E-state index in [1.807, 2.05) is 0 Å². The SMILES string of the molecule is O=C(Nc1cc(F)c(F)cc1F)c1ccc(I)cc1. The number of amides is 1. The summed E-state index contributed by atoms with van der Waals surface area (Å²) in [6, 6.07) is 7.51. The van der Waals surface area contributed by atoms with E-state index < -0.39 is 29.0 Å². The molecule has 0 atom stereocenters. The van der Waals surface area contributed by atoms with Crippen molar-refractivity contribution < 1.29 is 18.0 Å². The minimum atomic E-state index is -1.30. The molecule has 0 radical (unpaired) electrons. The van der Waals surface area contributed by atoms with Crippen LogP contribution in [0.5, 0.6) is 0 Å². The van der Waals surface area contributed by atoms with Gasteiger partial charge in [0.15, 0.2) is 11.6 Å². The predicted molar refractivity (Wildman–Crippen MR) is 73.4 cm³/mol. The molecule has 0 fully saturated rings. The fourth-order valence-corrected chi connectivity index (χ4v) is 1.77. The molecule has 1 amide bonds. The average molecular weight is 377 g/mol. The van der Waals surface area contributed by atoms with E-state index in [1.165, 1.54) is 0 Å². The van der Waals surface area contributed by atoms with Gasteiger partial charge < -0.3 is 5.32 Å². The van der Waals surface area contributed by atoms with Crippen molar-refractivity contribution in [3.8, 4) is 0 Å². The molecule has 0 bridgehead atoms. The highest BCUT2D eigenvalue weighted by Crippen LogP contribution is 2.19. The molecule has 2 aromatic rings. The first-order valence-electron chi connectivity index (χ1n) is 5.19. The van der Waals surface area contributed by atoms with Crippen molar-refractivity contribution >= 4 is 34.2 Å². The Labute approximate surface area is 120 Å². The second-order valence-corrected chi connectivity index (χ2v) is 4.95. The zero-order chi connectivity index (χ0) is 14.0. The average Bonchev–Trinajstić information content (AvgIpc) is 2.36. The maximum Gasteiger partial charge on any atom is 0.255 e. The van der Waals surface area contributed by atoms with Gasteiger partial charge in [0.25, 0.3) is 5.91 Å². The lowest BCUT2D eigenvalue weighted by atomic mass is 10.2. The van der Waals surface area contributed by atoms with Crippen molar-refractivity contribution in [2.75, 3.05) is 5.32 Å². The maximum atomic E-state index is 13.3. The van der Waals surface area contributed by atoms with Gasteiger partial charge in [-0.15, -0.1) is 0 Å². The standard InChI is InChI=1S/C13H7F3INO/c14-9-5-11(16)12(6-10(9)15)18-13(19)7-1-3-8(17)4-2-7/h1-6H,(H,18,19). The normalized spacial score (nSPS) is 10.3. The number of hydrogen-bond acceptors (Lipinski definition) is 1. The molecule has 98 valence electrons. The molecule has 0 heterocycles. The molecule has 0 saturated carbocycles. The molecule has 0 aliphatic carbocycles. The summed E-state index contributed by atoms with van der Waals surface area (Å²) in [4.78, 5) is 11.8. The Hall–Kier alpha value is -1.57. The van der Waals surface area contributed by atoms with Gasteiger partial charge in [0.2, 0.25) is 0 Å². The molecular formula is C13H7F3INO. The molecule has 19 heavy (non-hydrogen) atoms. The number of halogens is 4. The van der Waals surface area contributed by atoms with Crippen LogP contribution in [-0.2, 0) is 0 Å². The van der Waals surface area contributed by atoms with Crippen LogP contribution >= 0.6 is 22.6 Å². The van der Waals surface area contributed by atoms with E-state index in [0.717, 1.165) is 3.57 Å². The number of nitrogens with one attached hydrogen (secondary N) is 1. The Bertz CT molecular complexity index is 629. The van der Waals surface area contributed by atoms with Crippen LogP contribution in [0.1, 0.15) is 10.4 Å². The van der Waals surface area contributed by atoms with Crippen molar-refractivity contribution in [1.82, 2.24) is 0 Å². The van der Waals surface area contributed by atoms with Crippen LogP contribution in [0, 0.1) is 21.0 Å². The van der Waals surface area contributed by atoms with Gasteiger partial charge in [0, 0.05) is 21.3 Å². The summed E-state index contributed by atoms with van der Waals surface area (Å²) in [6.07, 6.45) is 0. The zero-order valence-corrected chi connectivity index (χ0v) is 11.5. The number of carbonyl (C=O) groups excluding carboxylic acids is 1. The van der Waals surface area contributed by atoms with Crippen molar-refractivity contribution in [2.24, 2.45) is 0 Å². The number of hydrogen-bond donors (Lipinski definition) is 1. The summed E-state index contributed by atoms with van der Waals surface area (Å²) in [5.74, 6) is -4.15. The number of anilines is 1. The fraction of sp³-hybridized carbons (Fsp3) is 0. The van der Waals surface area contributed by atoms with Crippen molar-refractivity contribution in [1.29, 1.82) is 0 Å². The van der Waals surface area contributed by atoms with E-state index in [-0.39, 0.29) is 0 Å². The summed E-state index contributed by atoms with van der Waals surface area (Å²) in [7, 11) is 0. The molecule has 0 aliphatic heterocycles. The van der Waals surface area contributed by atoms with Gasteiger partial charge in [-0.05, 0) is 46.9 Å². The molecule has 0 spiro atoms. The van der Waals surface area contributed by atoms with Gasteiger partial charge in [-0.25, -0.2) is 13.2 Å². The maximum absolute atomic E-state index is 13.3. The summed E-state index contributed by atoms with van der Waals surface area (Å²) in [5, 5.41) is 2.19. The Morgan fingerprint density at radius 3 is 2.16 bits per heavy atom. The summed E-state index contributed by atoms with van der Waals surface area (Å²) in [5.41, 5.74) is -0.105. The highest BCUT2D eigenvalue weighted by Gasteiger charge is 2.13. The molecule has 6 heteroatoms. The topological polar surface area (TPSA) is 29.1 Å². The molecule has 2 aromatic carbocycles. The van der Waals surface area contributed by atoms with Gasteiger partial charge in [-0.2, -0.15) is 0 Å². The van der Waals surface area contributed by atoms with Gasteiger partial charge in [0.1, 0.15) is 5.82 Å². The van der Waals surface area contributed by atoms with Gasteiger partial charge >= 0.3 is 0 Å². The molecular weight excluding hydrogens is 370 g/mol. The van der Waals surface area contributed by atoms with Crippen LogP contribution in [0.15, 0.2) is 36.4 Å².